The van der Waals surface area contributed by atoms with Crippen molar-refractivity contribution in [3.05, 3.63) is 118 Å². The Bertz CT molecular complexity index is 1730. The van der Waals surface area contributed by atoms with Crippen molar-refractivity contribution in [3.8, 4) is 28.8 Å². The third-order valence-electron chi connectivity index (χ3n) is 7.07. The van der Waals surface area contributed by atoms with Gasteiger partial charge in [-0.25, -0.2) is 4.68 Å². The zero-order valence-corrected chi connectivity index (χ0v) is 24.5. The van der Waals surface area contributed by atoms with Crippen LogP contribution in [0.1, 0.15) is 24.5 Å². The summed E-state index contributed by atoms with van der Waals surface area (Å²) in [5.74, 6) is -0.360. The van der Waals surface area contributed by atoms with Crippen molar-refractivity contribution in [1.82, 2.24) is 14.7 Å². The summed E-state index contributed by atoms with van der Waals surface area (Å²) in [5, 5.41) is 15.3. The molecule has 0 unspecified atom stereocenters. The van der Waals surface area contributed by atoms with Gasteiger partial charge in [-0.05, 0) is 79.1 Å². The molecule has 0 bridgehead atoms. The van der Waals surface area contributed by atoms with Crippen LogP contribution < -0.4 is 4.74 Å². The summed E-state index contributed by atoms with van der Waals surface area (Å²) >= 11 is 5.98. The van der Waals surface area contributed by atoms with E-state index >= 15 is 0 Å². The third-order valence-corrected chi connectivity index (χ3v) is 7.32. The van der Waals surface area contributed by atoms with E-state index in [-0.39, 0.29) is 17.7 Å². The van der Waals surface area contributed by atoms with Gasteiger partial charge in [-0.2, -0.15) is 10.4 Å². The molecule has 8 nitrogen and oxygen atoms in total. The molecule has 5 rings (SSSR count). The zero-order chi connectivity index (χ0) is 30.3. The number of amides is 2. The van der Waals surface area contributed by atoms with Crippen molar-refractivity contribution in [1.29, 1.82) is 5.26 Å². The van der Waals surface area contributed by atoms with Gasteiger partial charge in [0, 0.05) is 48.2 Å². The first-order chi connectivity index (χ1) is 20.9. The highest BCUT2D eigenvalue weighted by Gasteiger charge is 2.35. The molecular formula is C34H29ClN4O4. The van der Waals surface area contributed by atoms with Crippen molar-refractivity contribution in [2.45, 2.75) is 20.0 Å². The number of hydrogen-bond donors (Lipinski definition) is 0. The van der Waals surface area contributed by atoms with E-state index in [1.165, 1.54) is 0 Å². The number of carbonyl (C=O) groups excluding carboxylic acids is 2. The fourth-order valence-corrected chi connectivity index (χ4v) is 4.87. The van der Waals surface area contributed by atoms with E-state index in [1.54, 1.807) is 24.8 Å². The molecule has 0 spiro atoms. The van der Waals surface area contributed by atoms with Crippen LogP contribution in [0.3, 0.4) is 0 Å². The Balaban J connectivity index is 1.52. The highest BCUT2D eigenvalue weighted by atomic mass is 35.5. The lowest BCUT2D eigenvalue weighted by molar-refractivity contribution is -0.140. The van der Waals surface area contributed by atoms with Gasteiger partial charge in [0.25, 0.3) is 11.8 Å². The van der Waals surface area contributed by atoms with Gasteiger partial charge in [0.05, 0.1) is 11.4 Å². The van der Waals surface area contributed by atoms with Crippen molar-refractivity contribution < 1.29 is 19.1 Å². The second-order valence-electron chi connectivity index (χ2n) is 9.93. The molecule has 0 saturated heterocycles. The van der Waals surface area contributed by atoms with E-state index in [0.717, 1.165) is 21.7 Å². The second kappa shape index (κ2) is 13.3. The molecule has 1 aliphatic rings. The Kier molecular flexibility index (Phi) is 9.16. The highest BCUT2D eigenvalue weighted by molar-refractivity contribution is 6.30. The minimum atomic E-state index is -0.590. The number of benzene rings is 3. The van der Waals surface area contributed by atoms with Crippen LogP contribution in [-0.2, 0) is 20.9 Å². The molecule has 216 valence electrons. The summed E-state index contributed by atoms with van der Waals surface area (Å²) in [6.45, 7) is 2.55. The minimum Gasteiger partial charge on any atom is -0.489 e. The molecule has 0 fully saturated rings. The van der Waals surface area contributed by atoms with E-state index in [0.29, 0.717) is 47.2 Å². The van der Waals surface area contributed by atoms with Crippen LogP contribution in [0.2, 0.25) is 5.02 Å². The van der Waals surface area contributed by atoms with Crippen LogP contribution in [0.15, 0.2) is 102 Å². The van der Waals surface area contributed by atoms with Crippen LogP contribution in [0.25, 0.3) is 23.0 Å². The maximum absolute atomic E-state index is 13.6. The molecule has 0 aliphatic carbocycles. The number of carbonyl (C=O) groups is 2. The first kappa shape index (κ1) is 29.5. The molecule has 3 aromatic carbocycles. The van der Waals surface area contributed by atoms with Gasteiger partial charge in [0.2, 0.25) is 0 Å². The van der Waals surface area contributed by atoms with Crippen molar-refractivity contribution >= 4 is 29.5 Å². The van der Waals surface area contributed by atoms with Crippen molar-refractivity contribution in [2.75, 3.05) is 20.3 Å². The molecular weight excluding hydrogens is 564 g/mol. The molecule has 0 N–H and O–H groups in total. The fraction of sp³-hybridized carbons (Fsp3) is 0.176. The molecule has 0 saturated carbocycles. The molecule has 0 radical (unpaired) electrons. The van der Waals surface area contributed by atoms with Crippen LogP contribution in [-0.4, -0.2) is 46.8 Å². The normalized spacial score (nSPS) is 14.4. The van der Waals surface area contributed by atoms with Crippen LogP contribution in [0.5, 0.6) is 5.75 Å². The third kappa shape index (κ3) is 6.59. The monoisotopic (exact) mass is 592 g/mol. The van der Waals surface area contributed by atoms with E-state index in [9.17, 15) is 14.9 Å². The lowest BCUT2D eigenvalue weighted by Crippen LogP contribution is -2.43. The summed E-state index contributed by atoms with van der Waals surface area (Å²) in [4.78, 5) is 27.7. The summed E-state index contributed by atoms with van der Waals surface area (Å²) in [6.07, 6.45) is 4.00. The zero-order valence-electron chi connectivity index (χ0n) is 23.8. The van der Waals surface area contributed by atoms with Gasteiger partial charge in [-0.1, -0.05) is 41.9 Å². The average molecular weight is 593 g/mol. The Morgan fingerprint density at radius 1 is 0.977 bits per heavy atom. The molecule has 0 atom stereocenters. The maximum Gasteiger partial charge on any atom is 0.271 e. The number of halogens is 1. The maximum atomic E-state index is 13.6. The molecule has 1 aliphatic heterocycles. The topological polar surface area (TPSA) is 97.5 Å². The Morgan fingerprint density at radius 2 is 1.70 bits per heavy atom. The van der Waals surface area contributed by atoms with Gasteiger partial charge in [-0.3, -0.25) is 14.5 Å². The Morgan fingerprint density at radius 3 is 2.37 bits per heavy atom. The highest BCUT2D eigenvalue weighted by Crippen LogP contribution is 2.32. The molecule has 43 heavy (non-hydrogen) atoms. The number of aromatic nitrogens is 2. The van der Waals surface area contributed by atoms with E-state index < -0.39 is 11.8 Å². The summed E-state index contributed by atoms with van der Waals surface area (Å²) in [5.41, 5.74) is 4.48. The number of methoxy groups -OCH3 is 1. The SMILES string of the molecule is COCCCN1C(=O)C(C#N)=C(C)/C(=C\c2cn(-c3ccccc3)nc2-c2ccc(OCc3ccc(Cl)cc3)cc2)C1=O. The van der Waals surface area contributed by atoms with E-state index in [4.69, 9.17) is 26.2 Å². The van der Waals surface area contributed by atoms with Crippen LogP contribution in [0.4, 0.5) is 0 Å². The minimum absolute atomic E-state index is 0.0533. The molecule has 4 aromatic rings. The smallest absolute Gasteiger partial charge is 0.271 e. The van der Waals surface area contributed by atoms with E-state index in [2.05, 4.69) is 0 Å². The number of hydrogen-bond acceptors (Lipinski definition) is 6. The average Bonchev–Trinajstić information content (AvgIpc) is 3.45. The van der Waals surface area contributed by atoms with Crippen molar-refractivity contribution in [3.63, 3.8) is 0 Å². The predicted molar refractivity (Wildman–Crippen MR) is 164 cm³/mol. The van der Waals surface area contributed by atoms with Crippen LogP contribution >= 0.6 is 11.6 Å². The van der Waals surface area contributed by atoms with Gasteiger partial charge in [0.1, 0.15) is 24.0 Å². The first-order valence-electron chi connectivity index (χ1n) is 13.7. The number of rotatable bonds is 10. The summed E-state index contributed by atoms with van der Waals surface area (Å²) in [7, 11) is 1.56. The van der Waals surface area contributed by atoms with Gasteiger partial charge >= 0.3 is 0 Å². The lowest BCUT2D eigenvalue weighted by Gasteiger charge is -2.27. The first-order valence-corrected chi connectivity index (χ1v) is 14.1. The number of nitriles is 1. The number of imide groups is 1. The quantitative estimate of drug-likeness (QED) is 0.120. The lowest BCUT2D eigenvalue weighted by atomic mass is 9.93. The second-order valence-corrected chi connectivity index (χ2v) is 10.4. The van der Waals surface area contributed by atoms with Gasteiger partial charge < -0.3 is 9.47 Å². The standard InChI is InChI=1S/C34H29ClN4O4/c1-23-30(33(40)38(17-6-18-42-2)34(41)31(23)20-36)19-26-21-39(28-7-4-3-5-8-28)37-32(26)25-11-15-29(16-12-25)43-22-24-9-13-27(35)14-10-24/h3-5,7-16,19,21H,6,17-18,22H2,1-2H3/b30-19+. The largest absolute Gasteiger partial charge is 0.489 e. The summed E-state index contributed by atoms with van der Waals surface area (Å²) in [6, 6.07) is 26.6. The molecule has 9 heteroatoms. The Hall–Kier alpha value is -4.97. The fourth-order valence-electron chi connectivity index (χ4n) is 4.74. The number of para-hydroxylation sites is 1. The summed E-state index contributed by atoms with van der Waals surface area (Å²) < 4.78 is 12.8. The van der Waals surface area contributed by atoms with Crippen molar-refractivity contribution in [2.24, 2.45) is 0 Å². The Labute approximate surface area is 255 Å². The number of ether oxygens (including phenoxy) is 2. The molecule has 2 heterocycles. The predicted octanol–water partition coefficient (Wildman–Crippen LogP) is 6.40. The molecule has 1 aromatic heterocycles. The van der Waals surface area contributed by atoms with Gasteiger partial charge in [0.15, 0.2) is 0 Å². The molecule has 2 amide bonds. The van der Waals surface area contributed by atoms with E-state index in [1.807, 2.05) is 91.1 Å². The van der Waals surface area contributed by atoms with Gasteiger partial charge in [-0.15, -0.1) is 0 Å². The van der Waals surface area contributed by atoms with Crippen LogP contribution in [0, 0.1) is 11.3 Å². The number of nitrogens with zero attached hydrogens (tertiary/aromatic N) is 4.